The average Bonchev–Trinajstić information content (AvgIpc) is 3.36. The van der Waals surface area contributed by atoms with Crippen LogP contribution in [0.3, 0.4) is 0 Å². The molecule has 51 heavy (non-hydrogen) atoms. The lowest BCUT2D eigenvalue weighted by Gasteiger charge is -2.23. The fraction of sp³-hybridized carbons (Fsp3) is 0.372. The molecule has 0 bridgehead atoms. The van der Waals surface area contributed by atoms with Crippen LogP contribution in [-0.2, 0) is 6.54 Å². The van der Waals surface area contributed by atoms with Crippen LogP contribution >= 0.6 is 0 Å². The van der Waals surface area contributed by atoms with Crippen molar-refractivity contribution in [2.45, 2.75) is 74.3 Å². The second-order valence-electron chi connectivity index (χ2n) is 13.0. The van der Waals surface area contributed by atoms with Crippen molar-refractivity contribution in [3.8, 4) is 22.6 Å². The first kappa shape index (κ1) is 40.6. The molecular formula is C43H57FN4O3. The molecule has 0 saturated carbocycles. The van der Waals surface area contributed by atoms with Crippen molar-refractivity contribution >= 4 is 34.3 Å². The summed E-state index contributed by atoms with van der Waals surface area (Å²) < 4.78 is 15.3. The Labute approximate surface area is 304 Å². The molecule has 0 unspecified atom stereocenters. The average molecular weight is 697 g/mol. The van der Waals surface area contributed by atoms with Gasteiger partial charge in [0, 0.05) is 64.9 Å². The molecule has 0 aliphatic rings. The molecule has 274 valence electrons. The zero-order valence-corrected chi connectivity index (χ0v) is 31.7. The van der Waals surface area contributed by atoms with Gasteiger partial charge in [-0.2, -0.15) is 0 Å². The molecule has 7 nitrogen and oxygen atoms in total. The molecule has 0 spiro atoms. The van der Waals surface area contributed by atoms with Gasteiger partial charge in [-0.3, -0.25) is 4.79 Å². The Morgan fingerprint density at radius 2 is 1.47 bits per heavy atom. The third-order valence-electron chi connectivity index (χ3n) is 8.91. The monoisotopic (exact) mass is 696 g/mol. The van der Waals surface area contributed by atoms with Crippen molar-refractivity contribution in [1.82, 2.24) is 9.47 Å². The van der Waals surface area contributed by atoms with Gasteiger partial charge in [0.25, 0.3) is 0 Å². The number of hydrogen-bond acceptors (Lipinski definition) is 6. The lowest BCUT2D eigenvalue weighted by molar-refractivity contribution is 0.112. The van der Waals surface area contributed by atoms with Crippen molar-refractivity contribution in [3.63, 3.8) is 0 Å². The van der Waals surface area contributed by atoms with E-state index >= 15 is 0 Å². The predicted molar refractivity (Wildman–Crippen MR) is 213 cm³/mol. The lowest BCUT2D eigenvalue weighted by atomic mass is 10.0. The van der Waals surface area contributed by atoms with Crippen molar-refractivity contribution < 1.29 is 19.4 Å². The number of nitrogens with one attached hydrogen (secondary N) is 2. The second kappa shape index (κ2) is 20.1. The number of aldehydes is 1. The number of aromatic hydroxyl groups is 2. The van der Waals surface area contributed by atoms with E-state index in [0.717, 1.165) is 36.7 Å². The Balaban J connectivity index is 0.000000310. The fourth-order valence-electron chi connectivity index (χ4n) is 6.04. The van der Waals surface area contributed by atoms with Gasteiger partial charge in [0.1, 0.15) is 23.6 Å². The number of carbonyl (C=O) groups excluding carboxylic acids is 1. The summed E-state index contributed by atoms with van der Waals surface area (Å²) in [7, 11) is 1.69. The summed E-state index contributed by atoms with van der Waals surface area (Å²) in [6.45, 7) is 20.0. The molecule has 0 atom stereocenters. The van der Waals surface area contributed by atoms with Crippen LogP contribution in [0.4, 0.5) is 21.5 Å². The van der Waals surface area contributed by atoms with Crippen LogP contribution in [0.5, 0.6) is 11.5 Å². The first-order chi connectivity index (χ1) is 24.5. The molecule has 5 rings (SSSR count). The summed E-state index contributed by atoms with van der Waals surface area (Å²) >= 11 is 0. The third-order valence-corrected chi connectivity index (χ3v) is 8.91. The van der Waals surface area contributed by atoms with Gasteiger partial charge in [0.05, 0.1) is 5.56 Å². The van der Waals surface area contributed by atoms with Crippen LogP contribution in [0.15, 0.2) is 78.9 Å². The second-order valence-corrected chi connectivity index (χ2v) is 13.0. The number of phenols is 2. The molecule has 4 aromatic carbocycles. The number of fused-ring (bicyclic) bond motifs is 1. The summed E-state index contributed by atoms with van der Waals surface area (Å²) in [6, 6.07) is 22.7. The van der Waals surface area contributed by atoms with Gasteiger partial charge in [-0.15, -0.1) is 0 Å². The summed E-state index contributed by atoms with van der Waals surface area (Å²) in [5, 5.41) is 27.3. The van der Waals surface area contributed by atoms with Crippen LogP contribution in [-0.4, -0.2) is 52.6 Å². The van der Waals surface area contributed by atoms with Crippen LogP contribution < -0.4 is 10.6 Å². The zero-order valence-electron chi connectivity index (χ0n) is 31.7. The number of halogens is 1. The van der Waals surface area contributed by atoms with Gasteiger partial charge < -0.3 is 30.3 Å². The Kier molecular flexibility index (Phi) is 16.0. The summed E-state index contributed by atoms with van der Waals surface area (Å²) in [4.78, 5) is 13.5. The molecule has 0 saturated heterocycles. The van der Waals surface area contributed by atoms with E-state index in [1.165, 1.54) is 90.9 Å². The van der Waals surface area contributed by atoms with Gasteiger partial charge in [-0.25, -0.2) is 4.39 Å². The Bertz CT molecular complexity index is 1790. The maximum atomic E-state index is 12.8. The fourth-order valence-corrected chi connectivity index (χ4v) is 6.04. The predicted octanol–water partition coefficient (Wildman–Crippen LogP) is 10.9. The van der Waals surface area contributed by atoms with E-state index in [2.05, 4.69) is 72.9 Å². The van der Waals surface area contributed by atoms with Crippen molar-refractivity contribution in [3.05, 3.63) is 102 Å². The van der Waals surface area contributed by atoms with Gasteiger partial charge in [0.15, 0.2) is 0 Å². The maximum Gasteiger partial charge on any atom is 0.150 e. The van der Waals surface area contributed by atoms with Crippen molar-refractivity contribution in [2.75, 3.05) is 37.3 Å². The third kappa shape index (κ3) is 11.3. The summed E-state index contributed by atoms with van der Waals surface area (Å²) in [6.07, 6.45) is 4.54. The van der Waals surface area contributed by atoms with E-state index in [1.807, 2.05) is 38.1 Å². The topological polar surface area (TPSA) is 89.8 Å². The van der Waals surface area contributed by atoms with E-state index in [0.29, 0.717) is 22.4 Å². The number of nitrogens with zero attached hydrogens (tertiary/aromatic N) is 2. The molecule has 8 heteroatoms. The Morgan fingerprint density at radius 1 is 0.843 bits per heavy atom. The first-order valence-corrected chi connectivity index (χ1v) is 18.2. The van der Waals surface area contributed by atoms with Gasteiger partial charge >= 0.3 is 0 Å². The largest absolute Gasteiger partial charge is 0.507 e. The number of phenolic OH excluding ortho intramolecular Hbond substituents is 2. The standard InChI is InChI=1S/C28H39N3O.C13H12FNO2.C2H6/c1-6-15-30(18-14-21(2)3)16-7-17-31-23(5)22(4)27-19-26(12-13-28(27)31)29-25-10-8-24(20-32)9-11-25;1-15-10-6-11(16)13(12(17)7-10)8-2-4-9(14)5-3-8;1-2/h8-13,19-21,29H,6-7,14-18H2,1-5H3;2-7,15-17H,1H3;1-2H3. The molecule has 5 aromatic rings. The van der Waals surface area contributed by atoms with Crippen molar-refractivity contribution in [2.24, 2.45) is 5.92 Å². The Morgan fingerprint density at radius 3 is 2.04 bits per heavy atom. The molecule has 0 aliphatic carbocycles. The minimum Gasteiger partial charge on any atom is -0.507 e. The Hall–Kier alpha value is -4.82. The molecule has 1 heterocycles. The van der Waals surface area contributed by atoms with Gasteiger partial charge in [-0.1, -0.05) is 46.8 Å². The van der Waals surface area contributed by atoms with Crippen LogP contribution in [0, 0.1) is 25.6 Å². The summed E-state index contributed by atoms with van der Waals surface area (Å²) in [5.41, 5.74) is 8.23. The molecule has 0 aliphatic heterocycles. The molecule has 4 N–H and O–H groups in total. The molecule has 0 amide bonds. The van der Waals surface area contributed by atoms with E-state index in [-0.39, 0.29) is 17.3 Å². The number of aromatic nitrogens is 1. The highest BCUT2D eigenvalue weighted by Gasteiger charge is 2.14. The lowest BCUT2D eigenvalue weighted by Crippen LogP contribution is -2.28. The van der Waals surface area contributed by atoms with E-state index in [1.54, 1.807) is 7.05 Å². The number of carbonyl (C=O) groups is 1. The first-order valence-electron chi connectivity index (χ1n) is 18.2. The minimum atomic E-state index is -0.362. The van der Waals surface area contributed by atoms with Crippen molar-refractivity contribution in [1.29, 1.82) is 0 Å². The van der Waals surface area contributed by atoms with Crippen LogP contribution in [0.1, 0.15) is 75.5 Å². The number of anilines is 3. The van der Waals surface area contributed by atoms with E-state index in [9.17, 15) is 19.4 Å². The SMILES string of the molecule is CC.CCCN(CCCn1c(C)c(C)c2cc(Nc3ccc(C=O)cc3)ccc21)CCC(C)C.CNc1cc(O)c(-c2ccc(F)cc2)c(O)c1. The zero-order chi connectivity index (χ0) is 37.5. The van der Waals surface area contributed by atoms with Gasteiger partial charge in [0.2, 0.25) is 0 Å². The molecular weight excluding hydrogens is 639 g/mol. The molecule has 0 fully saturated rings. The van der Waals surface area contributed by atoms with Crippen LogP contribution in [0.25, 0.3) is 22.0 Å². The summed E-state index contributed by atoms with van der Waals surface area (Å²) in [5.74, 6) is 0.292. The molecule has 0 radical (unpaired) electrons. The van der Waals surface area contributed by atoms with E-state index < -0.39 is 0 Å². The number of rotatable bonds is 14. The quantitative estimate of drug-likeness (QED) is 0.0864. The number of aryl methyl sites for hydroxylation is 2. The highest BCUT2D eigenvalue weighted by molar-refractivity contribution is 5.89. The number of hydrogen-bond donors (Lipinski definition) is 4. The highest BCUT2D eigenvalue weighted by Crippen LogP contribution is 2.39. The normalized spacial score (nSPS) is 10.8. The van der Waals surface area contributed by atoms with E-state index in [4.69, 9.17) is 0 Å². The van der Waals surface area contributed by atoms with Gasteiger partial charge in [-0.05, 0) is 124 Å². The maximum absolute atomic E-state index is 12.8. The smallest absolute Gasteiger partial charge is 0.150 e. The molecule has 1 aromatic heterocycles. The number of benzene rings is 4. The highest BCUT2D eigenvalue weighted by atomic mass is 19.1. The minimum absolute atomic E-state index is 0.0547. The van der Waals surface area contributed by atoms with Crippen LogP contribution in [0.2, 0.25) is 0 Å².